The molecule has 0 aliphatic carbocycles. The van der Waals surface area contributed by atoms with Crippen molar-refractivity contribution in [1.29, 1.82) is 0 Å². The van der Waals surface area contributed by atoms with Crippen LogP contribution in [0.4, 0.5) is 0 Å². The lowest BCUT2D eigenvalue weighted by atomic mass is 10.1. The first-order chi connectivity index (χ1) is 12.5. The molecule has 0 aromatic heterocycles. The van der Waals surface area contributed by atoms with Crippen molar-refractivity contribution in [2.45, 2.75) is 11.7 Å². The number of ether oxygens (including phenoxy) is 1. The normalized spacial score (nSPS) is 18.5. The largest absolute Gasteiger partial charge is 0.497 e. The number of amidine groups is 1. The van der Waals surface area contributed by atoms with Crippen LogP contribution in [-0.2, 0) is 11.2 Å². The average Bonchev–Trinajstić information content (AvgIpc) is 2.98. The Morgan fingerprint density at radius 2 is 1.96 bits per heavy atom. The van der Waals surface area contributed by atoms with Crippen molar-refractivity contribution in [2.24, 2.45) is 10.2 Å². The molecule has 2 aromatic rings. The zero-order valence-corrected chi connectivity index (χ0v) is 16.1. The van der Waals surface area contributed by atoms with E-state index in [0.717, 1.165) is 16.9 Å². The molecule has 8 heteroatoms. The van der Waals surface area contributed by atoms with Gasteiger partial charge in [0.2, 0.25) is 5.91 Å². The highest BCUT2D eigenvalue weighted by molar-refractivity contribution is 8.15. The monoisotopic (exact) mass is 407 g/mol. The summed E-state index contributed by atoms with van der Waals surface area (Å²) in [4.78, 5) is 12.1. The van der Waals surface area contributed by atoms with Crippen molar-refractivity contribution in [3.05, 3.63) is 63.6 Å². The van der Waals surface area contributed by atoms with Crippen LogP contribution in [0.2, 0.25) is 10.0 Å². The molecule has 1 heterocycles. The van der Waals surface area contributed by atoms with Crippen molar-refractivity contribution in [3.8, 4) is 5.75 Å². The number of hydrogen-bond acceptors (Lipinski definition) is 5. The molecule has 1 amide bonds. The number of benzene rings is 2. The molecular formula is C18H15Cl2N3O2S. The molecule has 1 atom stereocenters. The molecular weight excluding hydrogens is 393 g/mol. The zero-order chi connectivity index (χ0) is 18.5. The summed E-state index contributed by atoms with van der Waals surface area (Å²) in [6.07, 6.45) is 2.15. The number of rotatable bonds is 5. The van der Waals surface area contributed by atoms with E-state index in [4.69, 9.17) is 27.9 Å². The molecule has 3 rings (SSSR count). The van der Waals surface area contributed by atoms with Crippen LogP contribution in [0.15, 0.2) is 52.7 Å². The standard InChI is InChI=1S/C18H15Cl2N3O2S/c1-25-13-5-2-11(3-6-13)10-21-23-18-22-17(24)16(26-18)9-12-4-7-14(19)15(20)8-12/h2-8,10,16H,9H2,1H3,(H,22,23,24)/b21-10-. The molecule has 0 radical (unpaired) electrons. The Kier molecular flexibility index (Phi) is 6.19. The maximum atomic E-state index is 12.1. The molecule has 0 spiro atoms. The second-order valence-corrected chi connectivity index (χ2v) is 7.48. The van der Waals surface area contributed by atoms with Crippen LogP contribution < -0.4 is 10.1 Å². The molecule has 1 saturated heterocycles. The molecule has 5 nitrogen and oxygen atoms in total. The third-order valence-corrected chi connectivity index (χ3v) is 5.46. The Bertz CT molecular complexity index is 869. The summed E-state index contributed by atoms with van der Waals surface area (Å²) in [5.74, 6) is 0.677. The first-order valence-electron chi connectivity index (χ1n) is 7.71. The lowest BCUT2D eigenvalue weighted by molar-refractivity contribution is -0.118. The Balaban J connectivity index is 1.61. The van der Waals surface area contributed by atoms with Gasteiger partial charge >= 0.3 is 0 Å². The SMILES string of the molecule is COc1ccc(/C=N\N=C2/NC(=O)C(Cc3ccc(Cl)c(Cl)c3)S2)cc1. The zero-order valence-electron chi connectivity index (χ0n) is 13.8. The summed E-state index contributed by atoms with van der Waals surface area (Å²) in [6.45, 7) is 0. The number of hydrogen-bond donors (Lipinski definition) is 1. The Morgan fingerprint density at radius 3 is 2.65 bits per heavy atom. The summed E-state index contributed by atoms with van der Waals surface area (Å²) >= 11 is 13.3. The first kappa shape index (κ1) is 18.8. The molecule has 0 bridgehead atoms. The highest BCUT2D eigenvalue weighted by atomic mass is 35.5. The number of methoxy groups -OCH3 is 1. The highest BCUT2D eigenvalue weighted by Crippen LogP contribution is 2.27. The quantitative estimate of drug-likeness (QED) is 0.597. The van der Waals surface area contributed by atoms with E-state index in [1.165, 1.54) is 11.8 Å². The van der Waals surface area contributed by atoms with Gasteiger partial charge in [0, 0.05) is 0 Å². The minimum Gasteiger partial charge on any atom is -0.497 e. The molecule has 134 valence electrons. The molecule has 0 saturated carbocycles. The van der Waals surface area contributed by atoms with E-state index in [1.807, 2.05) is 30.3 Å². The minimum absolute atomic E-state index is 0.0977. The summed E-state index contributed by atoms with van der Waals surface area (Å²) in [5.41, 5.74) is 1.83. The number of amides is 1. The third-order valence-electron chi connectivity index (χ3n) is 3.65. The molecule has 1 aliphatic heterocycles. The molecule has 1 fully saturated rings. The van der Waals surface area contributed by atoms with Crippen LogP contribution >= 0.6 is 35.0 Å². The van der Waals surface area contributed by atoms with Crippen molar-refractivity contribution >= 4 is 52.3 Å². The van der Waals surface area contributed by atoms with Gasteiger partial charge in [0.15, 0.2) is 5.17 Å². The highest BCUT2D eigenvalue weighted by Gasteiger charge is 2.30. The molecule has 26 heavy (non-hydrogen) atoms. The van der Waals surface area contributed by atoms with E-state index in [9.17, 15) is 4.79 Å². The fraction of sp³-hybridized carbons (Fsp3) is 0.167. The van der Waals surface area contributed by atoms with E-state index >= 15 is 0 Å². The van der Waals surface area contributed by atoms with Crippen LogP contribution in [0.5, 0.6) is 5.75 Å². The van der Waals surface area contributed by atoms with Crippen LogP contribution in [-0.4, -0.2) is 29.6 Å². The number of carbonyl (C=O) groups is 1. The maximum absolute atomic E-state index is 12.1. The van der Waals surface area contributed by atoms with Gasteiger partial charge in [0.1, 0.15) is 5.75 Å². The van der Waals surface area contributed by atoms with Crippen molar-refractivity contribution < 1.29 is 9.53 Å². The average molecular weight is 408 g/mol. The van der Waals surface area contributed by atoms with E-state index in [-0.39, 0.29) is 11.2 Å². The van der Waals surface area contributed by atoms with Crippen LogP contribution in [0, 0.1) is 0 Å². The first-order valence-corrected chi connectivity index (χ1v) is 9.35. The number of nitrogens with one attached hydrogen (secondary N) is 1. The van der Waals surface area contributed by atoms with Crippen LogP contribution in [0.3, 0.4) is 0 Å². The van der Waals surface area contributed by atoms with Gasteiger partial charge in [-0.3, -0.25) is 4.79 Å². The van der Waals surface area contributed by atoms with Gasteiger partial charge < -0.3 is 10.1 Å². The maximum Gasteiger partial charge on any atom is 0.239 e. The lowest BCUT2D eigenvalue weighted by Crippen LogP contribution is -2.25. The van der Waals surface area contributed by atoms with Crippen LogP contribution in [0.1, 0.15) is 11.1 Å². The predicted molar refractivity (Wildman–Crippen MR) is 108 cm³/mol. The van der Waals surface area contributed by atoms with Gasteiger partial charge in [-0.05, 0) is 53.9 Å². The second-order valence-electron chi connectivity index (χ2n) is 5.47. The van der Waals surface area contributed by atoms with Crippen molar-refractivity contribution in [1.82, 2.24) is 5.32 Å². The lowest BCUT2D eigenvalue weighted by Gasteiger charge is -2.06. The van der Waals surface area contributed by atoms with Crippen LogP contribution in [0.25, 0.3) is 0 Å². The summed E-state index contributed by atoms with van der Waals surface area (Å²) in [7, 11) is 1.61. The fourth-order valence-electron chi connectivity index (χ4n) is 2.31. The molecule has 1 aliphatic rings. The summed E-state index contributed by atoms with van der Waals surface area (Å²) < 4.78 is 5.10. The smallest absolute Gasteiger partial charge is 0.239 e. The number of thioether (sulfide) groups is 1. The Labute approximate surface area is 165 Å². The molecule has 1 unspecified atom stereocenters. The van der Waals surface area contributed by atoms with E-state index < -0.39 is 0 Å². The van der Waals surface area contributed by atoms with Gasteiger partial charge in [0.25, 0.3) is 0 Å². The third kappa shape index (κ3) is 4.78. The second kappa shape index (κ2) is 8.58. The minimum atomic E-state index is -0.276. The number of carbonyl (C=O) groups excluding carboxylic acids is 1. The predicted octanol–water partition coefficient (Wildman–Crippen LogP) is 4.17. The van der Waals surface area contributed by atoms with E-state index in [1.54, 1.807) is 25.5 Å². The van der Waals surface area contributed by atoms with Gasteiger partial charge in [0.05, 0.1) is 28.6 Å². The van der Waals surface area contributed by atoms with Gasteiger partial charge in [-0.25, -0.2) is 0 Å². The van der Waals surface area contributed by atoms with E-state index in [2.05, 4.69) is 15.5 Å². The number of nitrogens with zero attached hydrogens (tertiary/aromatic N) is 2. The van der Waals surface area contributed by atoms with Gasteiger partial charge in [-0.15, -0.1) is 5.10 Å². The number of halogens is 2. The fourth-order valence-corrected chi connectivity index (χ4v) is 3.59. The topological polar surface area (TPSA) is 63.1 Å². The Morgan fingerprint density at radius 1 is 1.19 bits per heavy atom. The Hall–Kier alpha value is -2.02. The van der Waals surface area contributed by atoms with Gasteiger partial charge in [-0.1, -0.05) is 41.0 Å². The molecule has 1 N–H and O–H groups in total. The molecule has 2 aromatic carbocycles. The summed E-state index contributed by atoms with van der Waals surface area (Å²) in [6, 6.07) is 12.8. The van der Waals surface area contributed by atoms with Gasteiger partial charge in [-0.2, -0.15) is 5.10 Å². The van der Waals surface area contributed by atoms with Crippen molar-refractivity contribution in [2.75, 3.05) is 7.11 Å². The van der Waals surface area contributed by atoms with Crippen molar-refractivity contribution in [3.63, 3.8) is 0 Å². The summed E-state index contributed by atoms with van der Waals surface area (Å²) in [5, 5.41) is 12.0. The van der Waals surface area contributed by atoms with E-state index in [0.29, 0.717) is 21.6 Å².